The molecule has 8 nitrogen and oxygen atoms in total. The molecule has 0 aromatic heterocycles. The molecule has 0 aromatic rings. The Bertz CT molecular complexity index is 715. The second-order valence-electron chi connectivity index (χ2n) is 8.90. The van der Waals surface area contributed by atoms with Gasteiger partial charge in [-0.25, -0.2) is 4.79 Å². The van der Waals surface area contributed by atoms with Crippen molar-refractivity contribution in [1.82, 2.24) is 15.1 Å². The molecular weight excluding hydrogens is 373 g/mol. The van der Waals surface area contributed by atoms with Crippen LogP contribution in [0.3, 0.4) is 0 Å². The minimum atomic E-state index is -1.40. The van der Waals surface area contributed by atoms with Gasteiger partial charge in [0.2, 0.25) is 5.91 Å². The minimum absolute atomic E-state index is 0. The third-order valence-corrected chi connectivity index (χ3v) is 5.85. The van der Waals surface area contributed by atoms with Crippen molar-refractivity contribution in [2.45, 2.75) is 70.7 Å². The number of carbonyl (C=O) groups is 3. The first-order valence-corrected chi connectivity index (χ1v) is 9.47. The number of likely N-dealkylation sites (N-methyl/N-ethyl adjacent to an activating group) is 1. The molecule has 3 amide bonds. The average molecular weight is 401 g/mol. The normalized spacial score (nSPS) is 29.9. The number of rotatable bonds is 3. The number of hydrogen-bond donors (Lipinski definition) is 2. The Morgan fingerprint density at radius 2 is 1.93 bits per heavy atom. The Kier molecular flexibility index (Phi) is 6.60. The van der Waals surface area contributed by atoms with E-state index in [-0.39, 0.29) is 59.2 Å². The number of aliphatic carboxylic acids is 1. The Balaban J connectivity index is 0.00000280. The van der Waals surface area contributed by atoms with E-state index in [1.807, 2.05) is 20.8 Å². The van der Waals surface area contributed by atoms with Crippen LogP contribution in [0.25, 0.3) is 0 Å². The van der Waals surface area contributed by atoms with Crippen LogP contribution >= 0.6 is 0 Å². The van der Waals surface area contributed by atoms with Gasteiger partial charge in [-0.15, -0.1) is 0 Å². The molecule has 2 heterocycles. The van der Waals surface area contributed by atoms with Crippen LogP contribution in [0.2, 0.25) is 0 Å². The van der Waals surface area contributed by atoms with Crippen LogP contribution in [0.15, 0.2) is 11.3 Å². The van der Waals surface area contributed by atoms with Gasteiger partial charge in [-0.1, -0.05) is 6.42 Å². The molecule has 150 valence electrons. The van der Waals surface area contributed by atoms with Gasteiger partial charge in [0.05, 0.1) is 35.8 Å². The van der Waals surface area contributed by atoms with Crippen molar-refractivity contribution >= 4 is 17.9 Å². The van der Waals surface area contributed by atoms with Gasteiger partial charge in [0.25, 0.3) is 0 Å². The number of carboxylic acid groups (broad SMARTS) is 1. The summed E-state index contributed by atoms with van der Waals surface area (Å²) in [5.41, 5.74) is 0.0673. The number of hydrogen-bond acceptors (Lipinski definition) is 5. The molecule has 0 aromatic carbocycles. The molecule has 1 aliphatic carbocycles. The quantitative estimate of drug-likeness (QED) is 0.383. The summed E-state index contributed by atoms with van der Waals surface area (Å²) in [6, 6.07) is -1.06. The molecule has 28 heavy (non-hydrogen) atoms. The second-order valence-corrected chi connectivity index (χ2v) is 8.90. The number of amides is 3. The number of nitrogens with zero attached hydrogens (tertiary/aromatic N) is 2. The van der Waals surface area contributed by atoms with E-state index in [9.17, 15) is 24.6 Å². The van der Waals surface area contributed by atoms with Crippen LogP contribution in [0.4, 0.5) is 4.79 Å². The second kappa shape index (κ2) is 7.97. The summed E-state index contributed by atoms with van der Waals surface area (Å²) >= 11 is 0. The topological polar surface area (TPSA) is 113 Å². The summed E-state index contributed by atoms with van der Waals surface area (Å²) in [5, 5.41) is 24.8. The van der Waals surface area contributed by atoms with Crippen molar-refractivity contribution in [2.75, 3.05) is 7.05 Å². The van der Waals surface area contributed by atoms with Gasteiger partial charge in [-0.3, -0.25) is 4.79 Å². The predicted octanol–water partition coefficient (Wildman–Crippen LogP) is -3.18. The predicted molar refractivity (Wildman–Crippen MR) is 95.0 cm³/mol. The standard InChI is InChI=1S/C19H29N3O5.Na/c1-9(23)12-14-10-7-6-8-11(21(5)18(27)20-19(2,3)4)13(10)15(17(25)26)22(14)16(12)24;/h9-12,14,23H,6-8H2,1-5H3,(H,20,27)(H,25,26);/q;+1/p-1/t9-,10+,11+,12-,14-;/m1./s1. The number of aliphatic hydroxyl groups is 1. The van der Waals surface area contributed by atoms with E-state index >= 15 is 0 Å². The molecule has 1 saturated carbocycles. The summed E-state index contributed by atoms with van der Waals surface area (Å²) < 4.78 is 0. The fourth-order valence-electron chi connectivity index (χ4n) is 4.80. The Hall–Kier alpha value is -1.09. The molecule has 0 bridgehead atoms. The Labute approximate surface area is 187 Å². The first kappa shape index (κ1) is 23.2. The summed E-state index contributed by atoms with van der Waals surface area (Å²) in [7, 11) is 1.65. The van der Waals surface area contributed by atoms with E-state index in [2.05, 4.69) is 5.32 Å². The zero-order valence-corrected chi connectivity index (χ0v) is 19.5. The molecule has 3 rings (SSSR count). The first-order chi connectivity index (χ1) is 12.5. The largest absolute Gasteiger partial charge is 1.00 e. The minimum Gasteiger partial charge on any atom is -0.543 e. The summed E-state index contributed by atoms with van der Waals surface area (Å²) in [6.45, 7) is 7.19. The zero-order chi connectivity index (χ0) is 20.3. The third kappa shape index (κ3) is 3.72. The van der Waals surface area contributed by atoms with E-state index in [1.54, 1.807) is 14.0 Å². The number of carbonyl (C=O) groups excluding carboxylic acids is 3. The number of β-lactam (4-membered cyclic amide) rings is 1. The summed E-state index contributed by atoms with van der Waals surface area (Å²) in [5.74, 6) is -2.55. The van der Waals surface area contributed by atoms with Crippen molar-refractivity contribution in [2.24, 2.45) is 11.8 Å². The van der Waals surface area contributed by atoms with Gasteiger partial charge >= 0.3 is 35.6 Å². The SMILES string of the molecule is C[C@@H](O)[C@H]1C(=O)N2C(C(=O)[O-])=C3[C@H](CCC[C@@H]3N(C)C(=O)NC(C)(C)C)[C@H]12.[Na+]. The van der Waals surface area contributed by atoms with Crippen LogP contribution in [-0.4, -0.2) is 63.6 Å². The fourth-order valence-corrected chi connectivity index (χ4v) is 4.80. The van der Waals surface area contributed by atoms with Gasteiger partial charge in [-0.05, 0) is 46.1 Å². The summed E-state index contributed by atoms with van der Waals surface area (Å²) in [6.07, 6.45) is 1.33. The van der Waals surface area contributed by atoms with E-state index in [1.165, 1.54) is 9.80 Å². The third-order valence-electron chi connectivity index (χ3n) is 5.85. The zero-order valence-electron chi connectivity index (χ0n) is 17.5. The molecule has 9 heteroatoms. The molecule has 0 radical (unpaired) electrons. The van der Waals surface area contributed by atoms with Crippen LogP contribution in [0.1, 0.15) is 47.0 Å². The van der Waals surface area contributed by atoms with Gasteiger partial charge in [0.15, 0.2) is 0 Å². The van der Waals surface area contributed by atoms with Gasteiger partial charge in [0, 0.05) is 18.5 Å². The van der Waals surface area contributed by atoms with Crippen LogP contribution in [0.5, 0.6) is 0 Å². The van der Waals surface area contributed by atoms with Gasteiger partial charge < -0.3 is 30.1 Å². The monoisotopic (exact) mass is 401 g/mol. The number of urea groups is 1. The first-order valence-electron chi connectivity index (χ1n) is 9.47. The molecule has 1 saturated heterocycles. The maximum Gasteiger partial charge on any atom is 1.00 e. The van der Waals surface area contributed by atoms with Gasteiger partial charge in [-0.2, -0.15) is 0 Å². The van der Waals surface area contributed by atoms with Gasteiger partial charge in [0.1, 0.15) is 0 Å². The van der Waals surface area contributed by atoms with E-state index < -0.39 is 29.6 Å². The molecule has 0 unspecified atom stereocenters. The molecular formula is C19H28N3NaO5. The molecule has 2 N–H and O–H groups in total. The maximum atomic E-state index is 12.6. The van der Waals surface area contributed by atoms with Crippen LogP contribution < -0.4 is 40.0 Å². The molecule has 5 atom stereocenters. The molecule has 2 fully saturated rings. The van der Waals surface area contributed by atoms with Crippen LogP contribution in [0, 0.1) is 11.8 Å². The van der Waals surface area contributed by atoms with E-state index in [0.29, 0.717) is 12.0 Å². The number of aliphatic hydroxyl groups excluding tert-OH is 1. The smallest absolute Gasteiger partial charge is 0.543 e. The molecule has 2 aliphatic heterocycles. The maximum absolute atomic E-state index is 12.6. The van der Waals surface area contributed by atoms with Crippen molar-refractivity contribution < 1.29 is 54.2 Å². The summed E-state index contributed by atoms with van der Waals surface area (Å²) in [4.78, 5) is 39.8. The average Bonchev–Trinajstić information content (AvgIpc) is 2.83. The van der Waals surface area contributed by atoms with Crippen LogP contribution in [-0.2, 0) is 9.59 Å². The molecule has 3 aliphatic rings. The number of fused-ring (bicyclic) bond motifs is 3. The van der Waals surface area contributed by atoms with E-state index in [0.717, 1.165) is 12.8 Å². The number of carboxylic acids is 1. The van der Waals surface area contributed by atoms with Crippen molar-refractivity contribution in [3.63, 3.8) is 0 Å². The Morgan fingerprint density at radius 3 is 2.43 bits per heavy atom. The number of nitrogens with one attached hydrogen (secondary N) is 1. The fraction of sp³-hybridized carbons (Fsp3) is 0.737. The van der Waals surface area contributed by atoms with Crippen molar-refractivity contribution in [1.29, 1.82) is 0 Å². The van der Waals surface area contributed by atoms with Crippen molar-refractivity contribution in [3.8, 4) is 0 Å². The van der Waals surface area contributed by atoms with E-state index in [4.69, 9.17) is 0 Å². The Morgan fingerprint density at radius 1 is 1.32 bits per heavy atom. The molecule has 0 spiro atoms. The van der Waals surface area contributed by atoms with Crippen molar-refractivity contribution in [3.05, 3.63) is 11.3 Å².